The average molecular weight is 213 g/mol. The first-order valence-electron chi connectivity index (χ1n) is 4.89. The molecule has 0 radical (unpaired) electrons. The molecule has 4 heteroatoms. The predicted molar refractivity (Wildman–Crippen MR) is 56.5 cm³/mol. The number of nitrogens with one attached hydrogen (secondary N) is 1. The van der Waals surface area contributed by atoms with Crippen LogP contribution in [0.25, 0.3) is 0 Å². The molecule has 2 heterocycles. The van der Waals surface area contributed by atoms with Gasteiger partial charge >= 0.3 is 0 Å². The smallest absolute Gasteiger partial charge is 0.0897 e. The van der Waals surface area contributed by atoms with Crippen LogP contribution in [0.5, 0.6) is 0 Å². The third-order valence-electron chi connectivity index (χ3n) is 2.38. The summed E-state index contributed by atoms with van der Waals surface area (Å²) in [4.78, 5) is 1.04. The molecule has 1 aliphatic heterocycles. The summed E-state index contributed by atoms with van der Waals surface area (Å²) >= 11 is 1.60. The van der Waals surface area contributed by atoms with Crippen LogP contribution in [0.3, 0.4) is 0 Å². The number of hydrogen-bond acceptors (Lipinski definition) is 4. The molecule has 0 amide bonds. The van der Waals surface area contributed by atoms with Crippen LogP contribution in [0, 0.1) is 0 Å². The van der Waals surface area contributed by atoms with E-state index in [-0.39, 0.29) is 6.10 Å². The van der Waals surface area contributed by atoms with Crippen LogP contribution in [-0.2, 0) is 4.74 Å². The number of ether oxygens (including phenoxy) is 1. The van der Waals surface area contributed by atoms with E-state index in [1.54, 1.807) is 11.3 Å². The molecule has 1 saturated heterocycles. The summed E-state index contributed by atoms with van der Waals surface area (Å²) in [5.41, 5.74) is 0. The van der Waals surface area contributed by atoms with Crippen molar-refractivity contribution < 1.29 is 9.84 Å². The molecule has 2 rings (SSSR count). The fraction of sp³-hybridized carbons (Fsp3) is 0.600. The fourth-order valence-electron chi connectivity index (χ4n) is 1.64. The van der Waals surface area contributed by atoms with Gasteiger partial charge in [0, 0.05) is 17.5 Å². The zero-order valence-electron chi connectivity index (χ0n) is 7.98. The molecule has 0 spiro atoms. The van der Waals surface area contributed by atoms with E-state index in [0.29, 0.717) is 12.6 Å². The third kappa shape index (κ3) is 2.54. The predicted octanol–water partition coefficient (Wildman–Crippen LogP) is 1.16. The van der Waals surface area contributed by atoms with Gasteiger partial charge in [0.05, 0.1) is 19.3 Å². The van der Waals surface area contributed by atoms with Gasteiger partial charge in [-0.25, -0.2) is 0 Å². The van der Waals surface area contributed by atoms with Crippen molar-refractivity contribution in [2.24, 2.45) is 0 Å². The Morgan fingerprint density at radius 2 is 2.64 bits per heavy atom. The first kappa shape index (κ1) is 10.1. The van der Waals surface area contributed by atoms with Crippen LogP contribution in [0.15, 0.2) is 17.5 Å². The lowest BCUT2D eigenvalue weighted by Crippen LogP contribution is -2.41. The summed E-state index contributed by atoms with van der Waals surface area (Å²) in [6.45, 7) is 2.38. The number of hydrogen-bond donors (Lipinski definition) is 2. The van der Waals surface area contributed by atoms with Crippen molar-refractivity contribution in [1.82, 2.24) is 5.32 Å². The first-order chi connectivity index (χ1) is 6.86. The summed E-state index contributed by atoms with van der Waals surface area (Å²) in [6, 6.07) is 4.23. The number of thiophene rings is 1. The molecule has 1 fully saturated rings. The van der Waals surface area contributed by atoms with Crippen molar-refractivity contribution in [1.29, 1.82) is 0 Å². The number of morpholine rings is 1. The van der Waals surface area contributed by atoms with E-state index in [9.17, 15) is 5.11 Å². The SMILES string of the molecule is OC(CC1COCCN1)c1cccs1. The molecule has 0 aromatic carbocycles. The Hall–Kier alpha value is -0.420. The van der Waals surface area contributed by atoms with Crippen LogP contribution in [-0.4, -0.2) is 30.9 Å². The van der Waals surface area contributed by atoms with Gasteiger partial charge in [-0.2, -0.15) is 0 Å². The molecule has 0 bridgehead atoms. The normalized spacial score (nSPS) is 24.8. The molecule has 78 valence electrons. The summed E-state index contributed by atoms with van der Waals surface area (Å²) in [6.07, 6.45) is 0.384. The van der Waals surface area contributed by atoms with E-state index >= 15 is 0 Å². The first-order valence-corrected chi connectivity index (χ1v) is 5.77. The van der Waals surface area contributed by atoms with Crippen molar-refractivity contribution in [3.8, 4) is 0 Å². The van der Waals surface area contributed by atoms with Crippen molar-refractivity contribution >= 4 is 11.3 Å². The summed E-state index contributed by atoms with van der Waals surface area (Å²) in [5, 5.41) is 15.2. The Morgan fingerprint density at radius 1 is 1.71 bits per heavy atom. The monoisotopic (exact) mass is 213 g/mol. The van der Waals surface area contributed by atoms with Crippen molar-refractivity contribution in [2.75, 3.05) is 19.8 Å². The van der Waals surface area contributed by atoms with Gasteiger partial charge < -0.3 is 15.2 Å². The lowest BCUT2D eigenvalue weighted by molar-refractivity contribution is 0.0526. The second-order valence-electron chi connectivity index (χ2n) is 3.49. The van der Waals surface area contributed by atoms with E-state index in [0.717, 1.165) is 24.4 Å². The molecule has 0 saturated carbocycles. The highest BCUT2D eigenvalue weighted by Crippen LogP contribution is 2.23. The van der Waals surface area contributed by atoms with Crippen LogP contribution < -0.4 is 5.32 Å². The van der Waals surface area contributed by atoms with E-state index in [4.69, 9.17) is 4.74 Å². The van der Waals surface area contributed by atoms with E-state index in [1.165, 1.54) is 0 Å². The quantitative estimate of drug-likeness (QED) is 0.791. The van der Waals surface area contributed by atoms with Crippen molar-refractivity contribution in [3.05, 3.63) is 22.4 Å². The molecule has 14 heavy (non-hydrogen) atoms. The van der Waals surface area contributed by atoms with Crippen LogP contribution in [0.4, 0.5) is 0 Å². The Kier molecular flexibility index (Phi) is 3.53. The largest absolute Gasteiger partial charge is 0.388 e. The Bertz CT molecular complexity index is 257. The minimum absolute atomic E-state index is 0.292. The molecule has 2 N–H and O–H groups in total. The van der Waals surface area contributed by atoms with E-state index < -0.39 is 0 Å². The third-order valence-corrected chi connectivity index (χ3v) is 3.35. The number of aliphatic hydroxyl groups excluding tert-OH is 1. The standard InChI is InChI=1S/C10H15NO2S/c12-9(10-2-1-5-14-10)6-8-7-13-4-3-11-8/h1-2,5,8-9,11-12H,3-4,6-7H2. The zero-order chi connectivity index (χ0) is 9.80. The minimum atomic E-state index is -0.353. The van der Waals surface area contributed by atoms with E-state index in [2.05, 4.69) is 5.32 Å². The Morgan fingerprint density at radius 3 is 3.29 bits per heavy atom. The molecule has 1 aliphatic rings. The second kappa shape index (κ2) is 4.89. The molecular formula is C10H15NO2S. The number of rotatable bonds is 3. The zero-order valence-corrected chi connectivity index (χ0v) is 8.80. The number of aliphatic hydroxyl groups is 1. The lowest BCUT2D eigenvalue weighted by atomic mass is 10.1. The Balaban J connectivity index is 1.84. The maximum atomic E-state index is 9.88. The lowest BCUT2D eigenvalue weighted by Gasteiger charge is -2.25. The maximum absolute atomic E-state index is 9.88. The molecule has 1 aromatic rings. The van der Waals surface area contributed by atoms with Gasteiger partial charge in [0.1, 0.15) is 0 Å². The topological polar surface area (TPSA) is 41.5 Å². The van der Waals surface area contributed by atoms with Crippen molar-refractivity contribution in [2.45, 2.75) is 18.6 Å². The highest BCUT2D eigenvalue weighted by molar-refractivity contribution is 7.10. The molecule has 2 unspecified atom stereocenters. The highest BCUT2D eigenvalue weighted by Gasteiger charge is 2.18. The maximum Gasteiger partial charge on any atom is 0.0897 e. The van der Waals surface area contributed by atoms with Crippen LogP contribution in [0.1, 0.15) is 17.4 Å². The summed E-state index contributed by atoms with van der Waals surface area (Å²) < 4.78 is 5.33. The Labute approximate surface area is 87.7 Å². The van der Waals surface area contributed by atoms with Crippen LogP contribution >= 0.6 is 11.3 Å². The molecule has 0 aliphatic carbocycles. The van der Waals surface area contributed by atoms with Gasteiger partial charge in [0.15, 0.2) is 0 Å². The van der Waals surface area contributed by atoms with Gasteiger partial charge in [0.2, 0.25) is 0 Å². The second-order valence-corrected chi connectivity index (χ2v) is 4.47. The minimum Gasteiger partial charge on any atom is -0.388 e. The van der Waals surface area contributed by atoms with Gasteiger partial charge in [-0.05, 0) is 17.9 Å². The van der Waals surface area contributed by atoms with E-state index in [1.807, 2.05) is 17.5 Å². The molecule has 1 aromatic heterocycles. The summed E-state index contributed by atoms with van der Waals surface area (Å²) in [7, 11) is 0. The molecule has 3 nitrogen and oxygen atoms in total. The summed E-state index contributed by atoms with van der Waals surface area (Å²) in [5.74, 6) is 0. The molecular weight excluding hydrogens is 198 g/mol. The molecule has 2 atom stereocenters. The van der Waals surface area contributed by atoms with Gasteiger partial charge in [-0.3, -0.25) is 0 Å². The van der Waals surface area contributed by atoms with Gasteiger partial charge in [0.25, 0.3) is 0 Å². The fourth-order valence-corrected chi connectivity index (χ4v) is 2.36. The van der Waals surface area contributed by atoms with Crippen LogP contribution in [0.2, 0.25) is 0 Å². The average Bonchev–Trinajstić information content (AvgIpc) is 2.72. The van der Waals surface area contributed by atoms with Gasteiger partial charge in [-0.15, -0.1) is 11.3 Å². The van der Waals surface area contributed by atoms with Gasteiger partial charge in [-0.1, -0.05) is 6.07 Å². The van der Waals surface area contributed by atoms with Crippen molar-refractivity contribution in [3.63, 3.8) is 0 Å². The highest BCUT2D eigenvalue weighted by atomic mass is 32.1.